The van der Waals surface area contributed by atoms with Crippen LogP contribution in [0.5, 0.6) is 0 Å². The molecule has 2 nitrogen and oxygen atoms in total. The van der Waals surface area contributed by atoms with Gasteiger partial charge in [0, 0.05) is 11.8 Å². The second-order valence-corrected chi connectivity index (χ2v) is 8.95. The summed E-state index contributed by atoms with van der Waals surface area (Å²) in [6, 6.07) is 0. The number of rotatable bonds is 5. The Balaban J connectivity index is 1.97. The van der Waals surface area contributed by atoms with Crippen molar-refractivity contribution in [3.8, 4) is 0 Å². The van der Waals surface area contributed by atoms with Crippen molar-refractivity contribution in [2.75, 3.05) is 6.16 Å². The minimum absolute atomic E-state index is 0.304. The molecule has 0 spiro atoms. The zero-order chi connectivity index (χ0) is 12.8. The van der Waals surface area contributed by atoms with Crippen LogP contribution in [0.4, 0.5) is 0 Å². The average Bonchev–Trinajstić information content (AvgIpc) is 2.41. The highest BCUT2D eigenvalue weighted by atomic mass is 31.2. The van der Waals surface area contributed by atoms with E-state index in [-0.39, 0.29) is 0 Å². The van der Waals surface area contributed by atoms with E-state index >= 15 is 0 Å². The summed E-state index contributed by atoms with van der Waals surface area (Å²) in [5, 5.41) is 0. The first-order valence-electron chi connectivity index (χ1n) is 8.02. The van der Waals surface area contributed by atoms with Crippen molar-refractivity contribution >= 4 is 7.37 Å². The first-order valence-corrected chi connectivity index (χ1v) is 9.89. The average molecular weight is 272 g/mol. The van der Waals surface area contributed by atoms with Gasteiger partial charge < -0.3 is 4.52 Å². The molecule has 1 atom stereocenters. The van der Waals surface area contributed by atoms with Gasteiger partial charge in [-0.3, -0.25) is 4.57 Å². The van der Waals surface area contributed by atoms with Gasteiger partial charge in [0.1, 0.15) is 0 Å². The molecule has 106 valence electrons. The summed E-state index contributed by atoms with van der Waals surface area (Å²) < 4.78 is 19.4. The SMILES string of the molecule is CCCP(=O)(OC1CCCCC1)C1CCCCC1. The molecule has 2 saturated carbocycles. The van der Waals surface area contributed by atoms with Crippen LogP contribution in [-0.2, 0) is 9.09 Å². The van der Waals surface area contributed by atoms with Crippen LogP contribution in [0.3, 0.4) is 0 Å². The summed E-state index contributed by atoms with van der Waals surface area (Å²) in [5.41, 5.74) is 0.383. The van der Waals surface area contributed by atoms with E-state index in [1.807, 2.05) is 0 Å². The zero-order valence-corrected chi connectivity index (χ0v) is 12.8. The molecule has 0 aromatic rings. The Morgan fingerprint density at radius 3 is 2.06 bits per heavy atom. The predicted octanol–water partition coefficient (Wildman–Crippen LogP) is 5.36. The Morgan fingerprint density at radius 2 is 1.50 bits per heavy atom. The van der Waals surface area contributed by atoms with Crippen LogP contribution in [-0.4, -0.2) is 17.9 Å². The van der Waals surface area contributed by atoms with Gasteiger partial charge in [0.2, 0.25) is 7.37 Å². The van der Waals surface area contributed by atoms with Crippen LogP contribution in [0.25, 0.3) is 0 Å². The van der Waals surface area contributed by atoms with Crippen LogP contribution < -0.4 is 0 Å². The van der Waals surface area contributed by atoms with E-state index in [1.165, 1.54) is 38.5 Å². The van der Waals surface area contributed by atoms with Crippen molar-refractivity contribution in [2.45, 2.75) is 89.3 Å². The van der Waals surface area contributed by atoms with Crippen LogP contribution >= 0.6 is 7.37 Å². The molecule has 3 heteroatoms. The quantitative estimate of drug-likeness (QED) is 0.630. The van der Waals surface area contributed by atoms with Crippen molar-refractivity contribution in [3.05, 3.63) is 0 Å². The highest BCUT2D eigenvalue weighted by Crippen LogP contribution is 2.58. The monoisotopic (exact) mass is 272 g/mol. The summed E-state index contributed by atoms with van der Waals surface area (Å²) in [5.74, 6) is 0. The molecule has 2 aliphatic rings. The molecular weight excluding hydrogens is 243 g/mol. The minimum Gasteiger partial charge on any atom is -0.325 e. The van der Waals surface area contributed by atoms with Gasteiger partial charge in [-0.15, -0.1) is 0 Å². The molecular formula is C15H29O2P. The van der Waals surface area contributed by atoms with Gasteiger partial charge in [-0.1, -0.05) is 45.4 Å². The Bertz CT molecular complexity index is 278. The molecule has 0 saturated heterocycles. The third-order valence-electron chi connectivity index (χ3n) is 4.55. The highest BCUT2D eigenvalue weighted by molar-refractivity contribution is 7.59. The Labute approximate surface area is 112 Å². The third kappa shape index (κ3) is 3.84. The molecule has 2 aliphatic carbocycles. The maximum Gasteiger partial charge on any atom is 0.206 e. The Morgan fingerprint density at radius 1 is 0.944 bits per heavy atom. The summed E-state index contributed by atoms with van der Waals surface area (Å²) >= 11 is 0. The van der Waals surface area contributed by atoms with Crippen LogP contribution in [0.2, 0.25) is 0 Å². The number of hydrogen-bond donors (Lipinski definition) is 0. The van der Waals surface area contributed by atoms with Crippen LogP contribution in [0.1, 0.15) is 77.6 Å². The van der Waals surface area contributed by atoms with E-state index < -0.39 is 7.37 Å². The van der Waals surface area contributed by atoms with Gasteiger partial charge in [0.25, 0.3) is 0 Å². The summed E-state index contributed by atoms with van der Waals surface area (Å²) in [6.45, 7) is 2.14. The largest absolute Gasteiger partial charge is 0.325 e. The maximum atomic E-state index is 13.2. The molecule has 0 aromatic carbocycles. The molecule has 2 rings (SSSR count). The second-order valence-electron chi connectivity index (χ2n) is 6.11. The molecule has 1 unspecified atom stereocenters. The molecule has 0 bridgehead atoms. The maximum absolute atomic E-state index is 13.2. The lowest BCUT2D eigenvalue weighted by atomic mass is 9.98. The van der Waals surface area contributed by atoms with E-state index in [1.54, 1.807) is 0 Å². The van der Waals surface area contributed by atoms with Crippen molar-refractivity contribution < 1.29 is 9.09 Å². The first kappa shape index (κ1) is 14.6. The van der Waals surface area contributed by atoms with Gasteiger partial charge in [0.15, 0.2) is 0 Å². The fourth-order valence-electron chi connectivity index (χ4n) is 3.53. The number of hydrogen-bond acceptors (Lipinski definition) is 2. The normalized spacial score (nSPS) is 26.9. The van der Waals surface area contributed by atoms with Gasteiger partial charge in [0.05, 0.1) is 6.10 Å². The minimum atomic E-state index is -2.36. The van der Waals surface area contributed by atoms with Crippen molar-refractivity contribution in [2.24, 2.45) is 0 Å². The van der Waals surface area contributed by atoms with Crippen molar-refractivity contribution in [1.29, 1.82) is 0 Å². The Hall–Kier alpha value is 0.190. The standard InChI is InChI=1S/C15H29O2P/c1-2-13-18(16,15-11-7-4-8-12-15)17-14-9-5-3-6-10-14/h14-15H,2-13H2,1H3. The second kappa shape index (κ2) is 7.10. The molecule has 0 N–H and O–H groups in total. The molecule has 0 radical (unpaired) electrons. The van der Waals surface area contributed by atoms with Crippen molar-refractivity contribution in [3.63, 3.8) is 0 Å². The molecule has 0 aromatic heterocycles. The summed E-state index contributed by atoms with van der Waals surface area (Å²) in [7, 11) is -2.36. The summed E-state index contributed by atoms with van der Waals surface area (Å²) in [6.07, 6.45) is 14.4. The molecule has 18 heavy (non-hydrogen) atoms. The lowest BCUT2D eigenvalue weighted by Crippen LogP contribution is -2.22. The van der Waals surface area contributed by atoms with E-state index in [2.05, 4.69) is 6.92 Å². The van der Waals surface area contributed by atoms with Crippen LogP contribution in [0.15, 0.2) is 0 Å². The molecule has 2 fully saturated rings. The fourth-order valence-corrected chi connectivity index (χ4v) is 6.66. The van der Waals surface area contributed by atoms with E-state index in [9.17, 15) is 4.57 Å². The zero-order valence-electron chi connectivity index (χ0n) is 11.9. The van der Waals surface area contributed by atoms with E-state index in [0.717, 1.165) is 38.3 Å². The molecule has 0 heterocycles. The smallest absolute Gasteiger partial charge is 0.206 e. The Kier molecular flexibility index (Phi) is 5.76. The molecule has 0 aliphatic heterocycles. The van der Waals surface area contributed by atoms with Gasteiger partial charge in [-0.2, -0.15) is 0 Å². The van der Waals surface area contributed by atoms with E-state index in [0.29, 0.717) is 11.8 Å². The predicted molar refractivity (Wildman–Crippen MR) is 77.6 cm³/mol. The fraction of sp³-hybridized carbons (Fsp3) is 1.00. The lowest BCUT2D eigenvalue weighted by Gasteiger charge is -2.34. The van der Waals surface area contributed by atoms with Crippen LogP contribution in [0, 0.1) is 0 Å². The van der Waals surface area contributed by atoms with Gasteiger partial charge >= 0.3 is 0 Å². The first-order chi connectivity index (χ1) is 8.74. The third-order valence-corrected chi connectivity index (χ3v) is 7.90. The van der Waals surface area contributed by atoms with Gasteiger partial charge in [-0.25, -0.2) is 0 Å². The summed E-state index contributed by atoms with van der Waals surface area (Å²) in [4.78, 5) is 0. The lowest BCUT2D eigenvalue weighted by molar-refractivity contribution is 0.153. The highest BCUT2D eigenvalue weighted by Gasteiger charge is 2.36. The van der Waals surface area contributed by atoms with Crippen molar-refractivity contribution in [1.82, 2.24) is 0 Å². The molecule has 0 amide bonds. The van der Waals surface area contributed by atoms with Gasteiger partial charge in [-0.05, 0) is 32.1 Å². The van der Waals surface area contributed by atoms with E-state index in [4.69, 9.17) is 4.52 Å². The topological polar surface area (TPSA) is 26.3 Å².